The highest BCUT2D eigenvalue weighted by Crippen LogP contribution is 2.37. The number of carbonyl (C=O) groups is 3. The lowest BCUT2D eigenvalue weighted by Crippen LogP contribution is -2.46. The SMILES string of the molecule is Cc1ccc(C2(c3ccccc3)NC(=O)N(CC(=O)N(Cc3ccco3)C3=CCCCC3)C2=O)cc1C. The molecule has 1 saturated heterocycles. The average molecular weight is 498 g/mol. The van der Waals surface area contributed by atoms with Gasteiger partial charge in [0.25, 0.3) is 5.91 Å². The van der Waals surface area contributed by atoms with E-state index in [0.717, 1.165) is 47.4 Å². The van der Waals surface area contributed by atoms with Crippen LogP contribution in [0.3, 0.4) is 0 Å². The van der Waals surface area contributed by atoms with E-state index in [4.69, 9.17) is 4.42 Å². The molecule has 37 heavy (non-hydrogen) atoms. The second kappa shape index (κ2) is 10.1. The third kappa shape index (κ3) is 4.57. The molecule has 1 unspecified atom stereocenters. The van der Waals surface area contributed by atoms with Crippen LogP contribution in [0.4, 0.5) is 4.79 Å². The van der Waals surface area contributed by atoms with Gasteiger partial charge in [-0.3, -0.25) is 14.5 Å². The van der Waals surface area contributed by atoms with Gasteiger partial charge in [0, 0.05) is 5.70 Å². The van der Waals surface area contributed by atoms with Crippen LogP contribution in [-0.4, -0.2) is 34.2 Å². The Balaban J connectivity index is 1.49. The third-order valence-corrected chi connectivity index (χ3v) is 7.35. The smallest absolute Gasteiger partial charge is 0.326 e. The van der Waals surface area contributed by atoms with Crippen LogP contribution in [0.15, 0.2) is 83.1 Å². The number of nitrogens with one attached hydrogen (secondary N) is 1. The summed E-state index contributed by atoms with van der Waals surface area (Å²) in [4.78, 5) is 43.8. The van der Waals surface area contributed by atoms with Gasteiger partial charge < -0.3 is 14.6 Å². The Morgan fingerprint density at radius 3 is 2.49 bits per heavy atom. The number of urea groups is 1. The molecule has 5 rings (SSSR count). The number of furan rings is 1. The Kier molecular flexibility index (Phi) is 6.70. The van der Waals surface area contributed by atoms with Crippen LogP contribution in [0, 0.1) is 13.8 Å². The quantitative estimate of drug-likeness (QED) is 0.456. The molecule has 1 aromatic heterocycles. The average Bonchev–Trinajstić information content (AvgIpc) is 3.52. The number of allylic oxidation sites excluding steroid dienone is 2. The monoisotopic (exact) mass is 497 g/mol. The maximum atomic E-state index is 14.1. The molecule has 1 aliphatic heterocycles. The van der Waals surface area contributed by atoms with Gasteiger partial charge in [-0.1, -0.05) is 54.6 Å². The van der Waals surface area contributed by atoms with Crippen molar-refractivity contribution in [2.75, 3.05) is 6.54 Å². The van der Waals surface area contributed by atoms with Crippen molar-refractivity contribution >= 4 is 17.8 Å². The molecule has 1 N–H and O–H groups in total. The molecule has 190 valence electrons. The fraction of sp³-hybridized carbons (Fsp3) is 0.300. The van der Waals surface area contributed by atoms with E-state index in [1.807, 2.05) is 68.4 Å². The summed E-state index contributed by atoms with van der Waals surface area (Å²) in [6, 6.07) is 18.0. The van der Waals surface area contributed by atoms with Gasteiger partial charge in [0.05, 0.1) is 12.8 Å². The summed E-state index contributed by atoms with van der Waals surface area (Å²) in [5, 5.41) is 2.95. The zero-order valence-corrected chi connectivity index (χ0v) is 21.2. The van der Waals surface area contributed by atoms with E-state index in [2.05, 4.69) is 11.4 Å². The molecule has 2 aromatic carbocycles. The highest BCUT2D eigenvalue weighted by atomic mass is 16.3. The first kappa shape index (κ1) is 24.6. The number of hydrogen-bond donors (Lipinski definition) is 1. The summed E-state index contributed by atoms with van der Waals surface area (Å²) in [5.74, 6) is -0.140. The number of aryl methyl sites for hydroxylation is 2. The first-order valence-electron chi connectivity index (χ1n) is 12.7. The zero-order chi connectivity index (χ0) is 26.0. The second-order valence-corrected chi connectivity index (χ2v) is 9.74. The summed E-state index contributed by atoms with van der Waals surface area (Å²) >= 11 is 0. The van der Waals surface area contributed by atoms with Crippen LogP contribution in [0.25, 0.3) is 0 Å². The highest BCUT2D eigenvalue weighted by molar-refractivity contribution is 6.11. The number of benzene rings is 2. The molecule has 2 heterocycles. The normalized spacial score (nSPS) is 19.5. The summed E-state index contributed by atoms with van der Waals surface area (Å²) in [7, 11) is 0. The van der Waals surface area contributed by atoms with E-state index in [1.54, 1.807) is 17.2 Å². The largest absolute Gasteiger partial charge is 0.467 e. The Morgan fingerprint density at radius 2 is 1.81 bits per heavy atom. The molecule has 0 radical (unpaired) electrons. The predicted molar refractivity (Wildman–Crippen MR) is 139 cm³/mol. The summed E-state index contributed by atoms with van der Waals surface area (Å²) in [5.41, 5.74) is 2.91. The van der Waals surface area contributed by atoms with Gasteiger partial charge in [-0.15, -0.1) is 0 Å². The van der Waals surface area contributed by atoms with Crippen molar-refractivity contribution in [2.45, 2.75) is 51.6 Å². The molecule has 0 bridgehead atoms. The minimum Gasteiger partial charge on any atom is -0.467 e. The van der Waals surface area contributed by atoms with Crippen molar-refractivity contribution in [3.63, 3.8) is 0 Å². The number of hydrogen-bond acceptors (Lipinski definition) is 4. The van der Waals surface area contributed by atoms with Crippen molar-refractivity contribution in [1.29, 1.82) is 0 Å². The van der Waals surface area contributed by atoms with Gasteiger partial charge in [-0.25, -0.2) is 4.79 Å². The number of amides is 4. The minimum atomic E-state index is -1.41. The van der Waals surface area contributed by atoms with Crippen LogP contribution in [0.2, 0.25) is 0 Å². The fourth-order valence-corrected chi connectivity index (χ4v) is 5.14. The van der Waals surface area contributed by atoms with Crippen molar-refractivity contribution in [1.82, 2.24) is 15.1 Å². The van der Waals surface area contributed by atoms with E-state index >= 15 is 0 Å². The molecule has 0 saturated carbocycles. The molecule has 3 aromatic rings. The zero-order valence-electron chi connectivity index (χ0n) is 21.2. The third-order valence-electron chi connectivity index (χ3n) is 7.35. The number of rotatable bonds is 7. The maximum absolute atomic E-state index is 14.1. The van der Waals surface area contributed by atoms with Gasteiger partial charge in [0.2, 0.25) is 5.91 Å². The summed E-state index contributed by atoms with van der Waals surface area (Å²) in [6.45, 7) is 3.87. The summed E-state index contributed by atoms with van der Waals surface area (Å²) in [6.07, 6.45) is 7.37. The highest BCUT2D eigenvalue weighted by Gasteiger charge is 2.54. The molecule has 7 heteroatoms. The molecular weight excluding hydrogens is 466 g/mol. The Morgan fingerprint density at radius 1 is 1.00 bits per heavy atom. The Bertz CT molecular complexity index is 1350. The van der Waals surface area contributed by atoms with E-state index < -0.39 is 17.5 Å². The van der Waals surface area contributed by atoms with Crippen molar-refractivity contribution in [3.05, 3.63) is 107 Å². The lowest BCUT2D eigenvalue weighted by molar-refractivity contribution is -0.138. The summed E-state index contributed by atoms with van der Waals surface area (Å²) < 4.78 is 5.51. The van der Waals surface area contributed by atoms with Crippen LogP contribution in [-0.2, 0) is 21.7 Å². The molecule has 7 nitrogen and oxygen atoms in total. The number of nitrogens with zero attached hydrogens (tertiary/aromatic N) is 2. The molecule has 2 aliphatic rings. The van der Waals surface area contributed by atoms with Gasteiger partial charge >= 0.3 is 6.03 Å². The Labute approximate surface area is 216 Å². The topological polar surface area (TPSA) is 82.9 Å². The van der Waals surface area contributed by atoms with Crippen molar-refractivity contribution in [2.24, 2.45) is 0 Å². The van der Waals surface area contributed by atoms with Gasteiger partial charge in [-0.05, 0) is 73.9 Å². The molecule has 1 atom stereocenters. The first-order valence-corrected chi connectivity index (χ1v) is 12.7. The lowest BCUT2D eigenvalue weighted by atomic mass is 9.81. The van der Waals surface area contributed by atoms with Crippen LogP contribution >= 0.6 is 0 Å². The molecule has 0 spiro atoms. The maximum Gasteiger partial charge on any atom is 0.326 e. The van der Waals surface area contributed by atoms with Gasteiger partial charge in [0.15, 0.2) is 5.54 Å². The fourth-order valence-electron chi connectivity index (χ4n) is 5.14. The van der Waals surface area contributed by atoms with E-state index in [9.17, 15) is 14.4 Å². The van der Waals surface area contributed by atoms with Gasteiger partial charge in [-0.2, -0.15) is 0 Å². The van der Waals surface area contributed by atoms with E-state index in [1.165, 1.54) is 0 Å². The molecule has 4 amide bonds. The minimum absolute atomic E-state index is 0.252. The van der Waals surface area contributed by atoms with Gasteiger partial charge in [0.1, 0.15) is 12.3 Å². The lowest BCUT2D eigenvalue weighted by Gasteiger charge is -2.30. The van der Waals surface area contributed by atoms with Crippen LogP contribution in [0.5, 0.6) is 0 Å². The van der Waals surface area contributed by atoms with Crippen LogP contribution < -0.4 is 5.32 Å². The Hall–Kier alpha value is -4.13. The molecule has 1 aliphatic carbocycles. The van der Waals surface area contributed by atoms with E-state index in [0.29, 0.717) is 16.9 Å². The number of imide groups is 1. The second-order valence-electron chi connectivity index (χ2n) is 9.74. The van der Waals surface area contributed by atoms with Crippen molar-refractivity contribution < 1.29 is 18.8 Å². The first-order chi connectivity index (χ1) is 17.9. The standard InChI is InChI=1S/C30H31N3O4/c1-21-15-16-24(18-22(21)2)30(23-10-5-3-6-11-23)28(35)33(29(36)31-30)20-27(34)32(19-26-14-9-17-37-26)25-12-7-4-8-13-25/h3,5-6,9-12,14-18H,4,7-8,13,19-20H2,1-2H3,(H,31,36). The molecule has 1 fully saturated rings. The van der Waals surface area contributed by atoms with E-state index in [-0.39, 0.29) is 19.0 Å². The van der Waals surface area contributed by atoms with Crippen molar-refractivity contribution in [3.8, 4) is 0 Å². The van der Waals surface area contributed by atoms with Crippen LogP contribution in [0.1, 0.15) is 53.7 Å². The predicted octanol–water partition coefficient (Wildman–Crippen LogP) is 5.18. The molecular formula is C30H31N3O4. The number of carbonyl (C=O) groups excluding carboxylic acids is 3.